The third kappa shape index (κ3) is 5.95. The molecule has 1 aromatic carbocycles. The van der Waals surface area contributed by atoms with Gasteiger partial charge in [0.05, 0.1) is 0 Å². The molecule has 0 saturated carbocycles. The second-order valence-electron chi connectivity index (χ2n) is 3.62. The Morgan fingerprint density at radius 3 is 2.13 bits per heavy atom. The van der Waals surface area contributed by atoms with Gasteiger partial charge in [-0.15, -0.1) is 17.0 Å². The lowest BCUT2D eigenvalue weighted by molar-refractivity contribution is 0.300. The maximum Gasteiger partial charge on any atom is -0.00158 e. The minimum atomic E-state index is 0. The predicted octanol–water partition coefficient (Wildman–Crippen LogP) is 3.54. The van der Waals surface area contributed by atoms with E-state index in [0.717, 1.165) is 0 Å². The first kappa shape index (κ1) is 14.7. The number of nitrogens with zero attached hydrogens (tertiary/aromatic N) is 1. The second kappa shape index (κ2) is 8.93. The Balaban J connectivity index is 0.00000196. The minimum Gasteiger partial charge on any atom is -0.304 e. The van der Waals surface area contributed by atoms with E-state index >= 15 is 0 Å². The summed E-state index contributed by atoms with van der Waals surface area (Å²) in [6.07, 6.45) is 2.48. The van der Waals surface area contributed by atoms with Crippen LogP contribution in [0.1, 0.15) is 25.8 Å². The van der Waals surface area contributed by atoms with Gasteiger partial charge in [0.2, 0.25) is 0 Å². The average Bonchev–Trinajstić information content (AvgIpc) is 2.26. The molecule has 0 aromatic heterocycles. The van der Waals surface area contributed by atoms with Crippen molar-refractivity contribution in [2.75, 3.05) is 19.6 Å². The van der Waals surface area contributed by atoms with Crippen LogP contribution in [0.2, 0.25) is 0 Å². The van der Waals surface area contributed by atoms with E-state index in [1.807, 2.05) is 0 Å². The van der Waals surface area contributed by atoms with E-state index in [1.165, 1.54) is 38.0 Å². The molecule has 0 aliphatic heterocycles. The van der Waals surface area contributed by atoms with Crippen molar-refractivity contribution in [1.29, 1.82) is 0 Å². The second-order valence-corrected chi connectivity index (χ2v) is 3.62. The molecule has 0 heterocycles. The first-order valence-corrected chi connectivity index (χ1v) is 5.63. The zero-order valence-electron chi connectivity index (χ0n) is 9.78. The van der Waals surface area contributed by atoms with Crippen LogP contribution in [0.5, 0.6) is 0 Å². The van der Waals surface area contributed by atoms with E-state index in [1.54, 1.807) is 0 Å². The highest BCUT2D eigenvalue weighted by Gasteiger charge is 1.98. The van der Waals surface area contributed by atoms with Crippen LogP contribution in [0, 0.1) is 0 Å². The van der Waals surface area contributed by atoms with Crippen molar-refractivity contribution in [2.45, 2.75) is 26.7 Å². The molecule has 1 aromatic rings. The molecule has 0 aliphatic rings. The molecule has 86 valence electrons. The van der Waals surface area contributed by atoms with E-state index in [4.69, 9.17) is 0 Å². The van der Waals surface area contributed by atoms with E-state index < -0.39 is 0 Å². The summed E-state index contributed by atoms with van der Waals surface area (Å²) in [5.41, 5.74) is 1.46. The third-order valence-electron chi connectivity index (χ3n) is 2.68. The Morgan fingerprint density at radius 1 is 1.00 bits per heavy atom. The van der Waals surface area contributed by atoms with Crippen molar-refractivity contribution in [3.63, 3.8) is 0 Å². The Morgan fingerprint density at radius 2 is 1.60 bits per heavy atom. The number of halogens is 1. The molecule has 0 unspecified atom stereocenters. The molecule has 1 rings (SSSR count). The Labute approximate surface area is 104 Å². The number of aryl methyl sites for hydroxylation is 1. The van der Waals surface area contributed by atoms with Gasteiger partial charge in [0, 0.05) is 0 Å². The monoisotopic (exact) mass is 271 g/mol. The quantitative estimate of drug-likeness (QED) is 0.765. The summed E-state index contributed by atoms with van der Waals surface area (Å²) in [5, 5.41) is 0. The summed E-state index contributed by atoms with van der Waals surface area (Å²) in [6, 6.07) is 10.7. The van der Waals surface area contributed by atoms with Gasteiger partial charge in [-0.25, -0.2) is 0 Å². The molecule has 2 heteroatoms. The van der Waals surface area contributed by atoms with Crippen molar-refractivity contribution in [1.82, 2.24) is 4.90 Å². The SMILES string of the molecule is Br.CCN(CC)CCCc1ccccc1. The smallest absolute Gasteiger partial charge is 0.00158 e. The number of hydrogen-bond acceptors (Lipinski definition) is 1. The van der Waals surface area contributed by atoms with Crippen LogP contribution >= 0.6 is 17.0 Å². The zero-order chi connectivity index (χ0) is 10.2. The van der Waals surface area contributed by atoms with Gasteiger partial charge in [0.15, 0.2) is 0 Å². The zero-order valence-corrected chi connectivity index (χ0v) is 11.5. The molecule has 0 fully saturated rings. The third-order valence-corrected chi connectivity index (χ3v) is 2.68. The molecule has 15 heavy (non-hydrogen) atoms. The summed E-state index contributed by atoms with van der Waals surface area (Å²) < 4.78 is 0. The molecule has 0 amide bonds. The van der Waals surface area contributed by atoms with Gasteiger partial charge in [0.25, 0.3) is 0 Å². The van der Waals surface area contributed by atoms with Crippen LogP contribution in [0.4, 0.5) is 0 Å². The van der Waals surface area contributed by atoms with Crippen LogP contribution in [0.15, 0.2) is 30.3 Å². The molecule has 1 nitrogen and oxygen atoms in total. The molecular weight excluding hydrogens is 250 g/mol. The van der Waals surface area contributed by atoms with Gasteiger partial charge < -0.3 is 4.90 Å². The van der Waals surface area contributed by atoms with Crippen molar-refractivity contribution < 1.29 is 0 Å². The Bertz CT molecular complexity index is 232. The van der Waals surface area contributed by atoms with Crippen molar-refractivity contribution >= 4 is 17.0 Å². The van der Waals surface area contributed by atoms with Crippen LogP contribution in [-0.2, 0) is 6.42 Å². The lowest BCUT2D eigenvalue weighted by Crippen LogP contribution is -2.24. The Hall–Kier alpha value is -0.340. The topological polar surface area (TPSA) is 3.24 Å². The molecule has 0 N–H and O–H groups in total. The fourth-order valence-electron chi connectivity index (χ4n) is 1.69. The maximum absolute atomic E-state index is 2.48. The summed E-state index contributed by atoms with van der Waals surface area (Å²) in [7, 11) is 0. The standard InChI is InChI=1S/C13H21N.BrH/c1-3-14(4-2)12-8-11-13-9-6-5-7-10-13;/h5-7,9-10H,3-4,8,11-12H2,1-2H3;1H. The average molecular weight is 272 g/mol. The van der Waals surface area contributed by atoms with Crippen molar-refractivity contribution in [3.8, 4) is 0 Å². The highest BCUT2D eigenvalue weighted by Crippen LogP contribution is 2.03. The molecule has 0 radical (unpaired) electrons. The van der Waals surface area contributed by atoms with Crippen LogP contribution < -0.4 is 0 Å². The fraction of sp³-hybridized carbons (Fsp3) is 0.538. The molecule has 0 aliphatic carbocycles. The highest BCUT2D eigenvalue weighted by atomic mass is 79.9. The lowest BCUT2D eigenvalue weighted by Gasteiger charge is -2.17. The number of hydrogen-bond donors (Lipinski definition) is 0. The van der Waals surface area contributed by atoms with Crippen molar-refractivity contribution in [3.05, 3.63) is 35.9 Å². The predicted molar refractivity (Wildman–Crippen MR) is 72.9 cm³/mol. The molecule has 0 atom stereocenters. The van der Waals surface area contributed by atoms with Gasteiger partial charge in [0.1, 0.15) is 0 Å². The largest absolute Gasteiger partial charge is 0.304 e. The number of rotatable bonds is 6. The highest BCUT2D eigenvalue weighted by molar-refractivity contribution is 8.93. The molecule has 0 spiro atoms. The Kier molecular flexibility index (Phi) is 8.73. The minimum absolute atomic E-state index is 0. The first-order valence-electron chi connectivity index (χ1n) is 5.63. The molecule has 0 bridgehead atoms. The normalized spacial score (nSPS) is 10.1. The van der Waals surface area contributed by atoms with Gasteiger partial charge in [-0.05, 0) is 38.0 Å². The summed E-state index contributed by atoms with van der Waals surface area (Å²) in [5.74, 6) is 0. The maximum atomic E-state index is 2.48. The number of benzene rings is 1. The van der Waals surface area contributed by atoms with Gasteiger partial charge in [-0.2, -0.15) is 0 Å². The fourth-order valence-corrected chi connectivity index (χ4v) is 1.69. The van der Waals surface area contributed by atoms with Crippen LogP contribution in [0.25, 0.3) is 0 Å². The van der Waals surface area contributed by atoms with Gasteiger partial charge >= 0.3 is 0 Å². The van der Waals surface area contributed by atoms with Gasteiger partial charge in [-0.3, -0.25) is 0 Å². The van der Waals surface area contributed by atoms with E-state index in [-0.39, 0.29) is 17.0 Å². The van der Waals surface area contributed by atoms with Gasteiger partial charge in [-0.1, -0.05) is 44.2 Å². The molecular formula is C13H22BrN. The summed E-state index contributed by atoms with van der Waals surface area (Å²) >= 11 is 0. The van der Waals surface area contributed by atoms with Crippen LogP contribution in [0.3, 0.4) is 0 Å². The van der Waals surface area contributed by atoms with E-state index in [0.29, 0.717) is 0 Å². The van der Waals surface area contributed by atoms with E-state index in [9.17, 15) is 0 Å². The molecule has 0 saturated heterocycles. The van der Waals surface area contributed by atoms with Crippen molar-refractivity contribution in [2.24, 2.45) is 0 Å². The first-order chi connectivity index (χ1) is 6.86. The van der Waals surface area contributed by atoms with Crippen LogP contribution in [-0.4, -0.2) is 24.5 Å². The lowest BCUT2D eigenvalue weighted by atomic mass is 10.1. The van der Waals surface area contributed by atoms with E-state index in [2.05, 4.69) is 49.1 Å². The summed E-state index contributed by atoms with van der Waals surface area (Å²) in [6.45, 7) is 8.02. The summed E-state index contributed by atoms with van der Waals surface area (Å²) in [4.78, 5) is 2.48.